The second kappa shape index (κ2) is 8.13. The van der Waals surface area contributed by atoms with Gasteiger partial charge in [0, 0.05) is 18.2 Å². The van der Waals surface area contributed by atoms with Crippen LogP contribution in [-0.4, -0.2) is 16.8 Å². The molecule has 0 aliphatic rings. The van der Waals surface area contributed by atoms with Crippen LogP contribution in [0.15, 0.2) is 39.5 Å². The molecule has 0 aliphatic heterocycles. The van der Waals surface area contributed by atoms with E-state index in [2.05, 4.69) is 6.92 Å². The Kier molecular flexibility index (Phi) is 5.66. The molecule has 1 aromatic heterocycles. The maximum Gasteiger partial charge on any atom is 0.204 e. The Labute approximate surface area is 151 Å². The number of unbranched alkanes of at least 4 members (excludes halogenated alkanes) is 5. The van der Waals surface area contributed by atoms with Gasteiger partial charge in [-0.05, 0) is 18.6 Å². The highest BCUT2D eigenvalue weighted by molar-refractivity contribution is 5.94. The Morgan fingerprint density at radius 2 is 1.73 bits per heavy atom. The predicted molar refractivity (Wildman–Crippen MR) is 102 cm³/mol. The van der Waals surface area contributed by atoms with Crippen molar-refractivity contribution in [2.45, 2.75) is 45.4 Å². The molecule has 1 heterocycles. The van der Waals surface area contributed by atoms with Crippen LogP contribution in [0.1, 0.15) is 45.4 Å². The van der Waals surface area contributed by atoms with Crippen molar-refractivity contribution in [1.82, 2.24) is 0 Å². The second-order valence-electron chi connectivity index (χ2n) is 6.54. The molecule has 0 atom stereocenters. The first-order valence-electron chi connectivity index (χ1n) is 9.15. The van der Waals surface area contributed by atoms with Crippen molar-refractivity contribution in [3.63, 3.8) is 0 Å². The van der Waals surface area contributed by atoms with E-state index in [-0.39, 0.29) is 27.9 Å². The number of aromatic hydroxyl groups is 2. The fourth-order valence-electron chi connectivity index (χ4n) is 3.09. The first-order valence-corrected chi connectivity index (χ1v) is 9.15. The maximum absolute atomic E-state index is 12.6. The second-order valence-corrected chi connectivity index (χ2v) is 6.54. The van der Waals surface area contributed by atoms with Crippen LogP contribution in [0, 0.1) is 0 Å². The van der Waals surface area contributed by atoms with Crippen LogP contribution in [0.2, 0.25) is 0 Å². The van der Waals surface area contributed by atoms with Gasteiger partial charge in [-0.2, -0.15) is 0 Å². The fourth-order valence-corrected chi connectivity index (χ4v) is 3.09. The molecule has 0 unspecified atom stereocenters. The van der Waals surface area contributed by atoms with Crippen molar-refractivity contribution >= 4 is 21.9 Å². The van der Waals surface area contributed by atoms with Gasteiger partial charge in [-0.1, -0.05) is 39.0 Å². The molecule has 0 spiro atoms. The first kappa shape index (κ1) is 18.1. The summed E-state index contributed by atoms with van der Waals surface area (Å²) in [4.78, 5) is 12.6. The third kappa shape index (κ3) is 3.93. The molecule has 3 rings (SSSR count). The molecule has 0 fully saturated rings. The lowest BCUT2D eigenvalue weighted by atomic mass is 10.1. The van der Waals surface area contributed by atoms with Gasteiger partial charge in [0.05, 0.1) is 12.0 Å². The zero-order valence-corrected chi connectivity index (χ0v) is 15.0. The number of fused-ring (bicyclic) bond motifs is 2. The minimum Gasteiger partial charge on any atom is -0.508 e. The Hall–Kier alpha value is -2.69. The third-order valence-corrected chi connectivity index (χ3v) is 4.48. The van der Waals surface area contributed by atoms with Gasteiger partial charge in [0.1, 0.15) is 33.8 Å². The van der Waals surface area contributed by atoms with Crippen molar-refractivity contribution in [3.8, 4) is 17.2 Å². The van der Waals surface area contributed by atoms with Gasteiger partial charge >= 0.3 is 0 Å². The lowest BCUT2D eigenvalue weighted by Gasteiger charge is -2.08. The van der Waals surface area contributed by atoms with Gasteiger partial charge in [0.15, 0.2) is 0 Å². The van der Waals surface area contributed by atoms with E-state index in [0.29, 0.717) is 23.3 Å². The number of hydrogen-bond donors (Lipinski definition) is 2. The SMILES string of the molecule is CCCCCCCCOc1ccc2c(=O)c3c(O)cc(O)cc3oc2c1. The lowest BCUT2D eigenvalue weighted by molar-refractivity contribution is 0.304. The molecule has 0 bridgehead atoms. The number of rotatable bonds is 8. The highest BCUT2D eigenvalue weighted by atomic mass is 16.5. The van der Waals surface area contributed by atoms with Crippen molar-refractivity contribution in [2.75, 3.05) is 6.61 Å². The summed E-state index contributed by atoms with van der Waals surface area (Å²) >= 11 is 0. The van der Waals surface area contributed by atoms with Crippen LogP contribution in [0.3, 0.4) is 0 Å². The van der Waals surface area contributed by atoms with Gasteiger partial charge < -0.3 is 19.4 Å². The highest BCUT2D eigenvalue weighted by Gasteiger charge is 2.13. The van der Waals surface area contributed by atoms with E-state index in [4.69, 9.17) is 9.15 Å². The van der Waals surface area contributed by atoms with Gasteiger partial charge in [0.25, 0.3) is 0 Å². The van der Waals surface area contributed by atoms with Crippen molar-refractivity contribution in [1.29, 1.82) is 0 Å². The molecule has 26 heavy (non-hydrogen) atoms. The molecule has 3 aromatic rings. The normalized spacial score (nSPS) is 11.3. The Morgan fingerprint density at radius 3 is 2.54 bits per heavy atom. The molecule has 5 heteroatoms. The molecular formula is C21H24O5. The third-order valence-electron chi connectivity index (χ3n) is 4.48. The van der Waals surface area contributed by atoms with Crippen LogP contribution in [-0.2, 0) is 0 Å². The quantitative estimate of drug-likeness (QED) is 0.434. The largest absolute Gasteiger partial charge is 0.508 e. The molecule has 0 saturated carbocycles. The number of ether oxygens (including phenoxy) is 1. The van der Waals surface area contributed by atoms with E-state index in [1.54, 1.807) is 18.2 Å². The highest BCUT2D eigenvalue weighted by Crippen LogP contribution is 2.30. The lowest BCUT2D eigenvalue weighted by Crippen LogP contribution is -2.03. The number of phenolic OH excluding ortho intramolecular Hbond substituents is 2. The first-order chi connectivity index (χ1) is 12.6. The van der Waals surface area contributed by atoms with E-state index >= 15 is 0 Å². The summed E-state index contributed by atoms with van der Waals surface area (Å²) in [6.07, 6.45) is 7.15. The van der Waals surface area contributed by atoms with Crippen molar-refractivity contribution in [3.05, 3.63) is 40.6 Å². The minimum atomic E-state index is -0.332. The zero-order chi connectivity index (χ0) is 18.5. The van der Waals surface area contributed by atoms with E-state index in [0.717, 1.165) is 18.9 Å². The van der Waals surface area contributed by atoms with Crippen molar-refractivity contribution in [2.24, 2.45) is 0 Å². The number of hydrogen-bond acceptors (Lipinski definition) is 5. The fraction of sp³-hybridized carbons (Fsp3) is 0.381. The summed E-state index contributed by atoms with van der Waals surface area (Å²) in [5.74, 6) is 0.185. The van der Waals surface area contributed by atoms with Crippen LogP contribution < -0.4 is 10.2 Å². The minimum absolute atomic E-state index is 0.0658. The molecule has 138 valence electrons. The number of benzene rings is 2. The molecule has 0 aliphatic carbocycles. The van der Waals surface area contributed by atoms with E-state index < -0.39 is 0 Å². The Morgan fingerprint density at radius 1 is 0.962 bits per heavy atom. The number of phenols is 2. The molecule has 2 N–H and O–H groups in total. The Bertz CT molecular complexity index is 958. The van der Waals surface area contributed by atoms with Gasteiger partial charge in [0.2, 0.25) is 5.43 Å². The monoisotopic (exact) mass is 356 g/mol. The standard InChI is InChI=1S/C21H24O5/c1-2-3-4-5-6-7-10-25-15-8-9-16-18(13-15)26-19-12-14(22)11-17(23)20(19)21(16)24/h8-9,11-13,22-23H,2-7,10H2,1H3. The van der Waals surface area contributed by atoms with Gasteiger partial charge in [-0.15, -0.1) is 0 Å². The van der Waals surface area contributed by atoms with Crippen LogP contribution >= 0.6 is 0 Å². The summed E-state index contributed by atoms with van der Waals surface area (Å²) < 4.78 is 11.5. The summed E-state index contributed by atoms with van der Waals surface area (Å²) in [5, 5.41) is 20.0. The molecular weight excluding hydrogens is 332 g/mol. The summed E-state index contributed by atoms with van der Waals surface area (Å²) in [6, 6.07) is 7.50. The molecule has 5 nitrogen and oxygen atoms in total. The smallest absolute Gasteiger partial charge is 0.204 e. The van der Waals surface area contributed by atoms with Crippen LogP contribution in [0.4, 0.5) is 0 Å². The average Bonchev–Trinajstić information content (AvgIpc) is 2.60. The molecule has 0 saturated heterocycles. The van der Waals surface area contributed by atoms with E-state index in [1.807, 2.05) is 0 Å². The molecule has 0 amide bonds. The molecule has 2 aromatic carbocycles. The summed E-state index contributed by atoms with van der Waals surface area (Å²) in [7, 11) is 0. The van der Waals surface area contributed by atoms with Crippen LogP contribution in [0.5, 0.6) is 17.2 Å². The van der Waals surface area contributed by atoms with Gasteiger partial charge in [-0.3, -0.25) is 4.79 Å². The summed E-state index contributed by atoms with van der Waals surface area (Å²) in [5.41, 5.74) is 0.183. The van der Waals surface area contributed by atoms with Gasteiger partial charge in [-0.25, -0.2) is 0 Å². The maximum atomic E-state index is 12.6. The Balaban J connectivity index is 1.76. The van der Waals surface area contributed by atoms with Crippen molar-refractivity contribution < 1.29 is 19.4 Å². The topological polar surface area (TPSA) is 79.9 Å². The average molecular weight is 356 g/mol. The molecule has 0 radical (unpaired) electrons. The van der Waals surface area contributed by atoms with Crippen LogP contribution in [0.25, 0.3) is 21.9 Å². The van der Waals surface area contributed by atoms with E-state index in [9.17, 15) is 15.0 Å². The zero-order valence-electron chi connectivity index (χ0n) is 15.0. The van der Waals surface area contributed by atoms with E-state index in [1.165, 1.54) is 31.7 Å². The summed E-state index contributed by atoms with van der Waals surface area (Å²) in [6.45, 7) is 2.82. The predicted octanol–water partition coefficient (Wildman–Crippen LogP) is 5.10.